The number of carbonyl (C=O) groups excluding carboxylic acids is 2. The van der Waals surface area contributed by atoms with E-state index in [2.05, 4.69) is 25.6 Å². The van der Waals surface area contributed by atoms with Gasteiger partial charge in [-0.05, 0) is 69.0 Å². The summed E-state index contributed by atoms with van der Waals surface area (Å²) in [4.78, 5) is 36.6. The summed E-state index contributed by atoms with van der Waals surface area (Å²) in [6.07, 6.45) is 1.24. The Morgan fingerprint density at radius 3 is 2.21 bits per heavy atom. The molecule has 6 rings (SSSR count). The Bertz CT molecular complexity index is 2310. The number of aromatic nitrogens is 4. The molecular formula is C43H45F2N7O5. The number of pyridine rings is 1. The average Bonchev–Trinajstić information content (AvgIpc) is 3.61. The number of fused-ring (bicyclic) bond motifs is 1. The highest BCUT2D eigenvalue weighted by Crippen LogP contribution is 2.40. The number of alkyl carbamates (subject to hydrolysis) is 1. The quantitative estimate of drug-likeness (QED) is 0.104. The fourth-order valence-corrected chi connectivity index (χ4v) is 6.13. The van der Waals surface area contributed by atoms with E-state index in [-0.39, 0.29) is 36.0 Å². The predicted octanol–water partition coefficient (Wildman–Crippen LogP) is 8.28. The predicted molar refractivity (Wildman–Crippen MR) is 213 cm³/mol. The first-order valence-electron chi connectivity index (χ1n) is 18.4. The summed E-state index contributed by atoms with van der Waals surface area (Å²) in [5.41, 5.74) is 3.29. The summed E-state index contributed by atoms with van der Waals surface area (Å²) in [6.45, 7) is 9.50. The molecule has 0 aliphatic carbocycles. The lowest BCUT2D eigenvalue weighted by Gasteiger charge is -2.29. The second kappa shape index (κ2) is 17.5. The first kappa shape index (κ1) is 40.1. The van der Waals surface area contributed by atoms with Gasteiger partial charge >= 0.3 is 12.1 Å². The van der Waals surface area contributed by atoms with Crippen molar-refractivity contribution in [2.24, 2.45) is 0 Å². The van der Waals surface area contributed by atoms with Crippen molar-refractivity contribution in [3.05, 3.63) is 137 Å². The Morgan fingerprint density at radius 1 is 0.930 bits per heavy atom. The van der Waals surface area contributed by atoms with Crippen molar-refractivity contribution in [1.82, 2.24) is 24.9 Å². The molecule has 14 heteroatoms. The molecule has 3 heterocycles. The molecular weight excluding hydrogens is 733 g/mol. The Hall–Kier alpha value is -6.57. The number of halogens is 2. The van der Waals surface area contributed by atoms with Gasteiger partial charge in [0.2, 0.25) is 5.88 Å². The Kier molecular flexibility index (Phi) is 12.3. The molecule has 0 aliphatic heterocycles. The molecule has 6 aromatic rings. The van der Waals surface area contributed by atoms with Crippen LogP contribution in [-0.2, 0) is 29.1 Å². The minimum atomic E-state index is -0.680. The number of methoxy groups -OCH3 is 1. The topological polar surface area (TPSA) is 132 Å². The van der Waals surface area contributed by atoms with Gasteiger partial charge in [0.15, 0.2) is 5.65 Å². The summed E-state index contributed by atoms with van der Waals surface area (Å²) in [7, 11) is 1.27. The van der Waals surface area contributed by atoms with Gasteiger partial charge in [-0.15, -0.1) is 0 Å². The van der Waals surface area contributed by atoms with E-state index in [1.165, 1.54) is 25.4 Å². The van der Waals surface area contributed by atoms with E-state index >= 15 is 4.39 Å². The number of rotatable bonds is 14. The molecule has 1 atom stereocenters. The van der Waals surface area contributed by atoms with Gasteiger partial charge in [0, 0.05) is 25.2 Å². The zero-order chi connectivity index (χ0) is 40.7. The molecule has 0 fully saturated rings. The largest absolute Gasteiger partial charge is 0.473 e. The van der Waals surface area contributed by atoms with Gasteiger partial charge in [0.1, 0.15) is 40.5 Å². The number of amides is 1. The number of anilines is 2. The van der Waals surface area contributed by atoms with Crippen LogP contribution in [-0.4, -0.2) is 57.0 Å². The Labute approximate surface area is 329 Å². The molecule has 3 aromatic carbocycles. The molecule has 0 radical (unpaired) electrons. The standard InChI is InChI=1S/C43H45F2N7O5/c1-27-17-18-31(20-35(27)45)36-37(46-22-32-19-33(44)23-47-39(32)56-28(2)21-48-42(54)57-43(3,4)5)50-38-34(41(53)55-6)24-49-52(38)40(36)51(25-29-13-9-7-10-14-29)26-30-15-11-8-12-16-30/h7-20,23-24,28H,21-22,25-26H2,1-6H3,(H,46,50)(H,48,54)/t28-/m0/s1. The van der Waals surface area contributed by atoms with Gasteiger partial charge in [0.25, 0.3) is 0 Å². The maximum Gasteiger partial charge on any atom is 0.407 e. The van der Waals surface area contributed by atoms with E-state index in [9.17, 15) is 14.0 Å². The number of nitrogens with one attached hydrogen (secondary N) is 2. The van der Waals surface area contributed by atoms with Crippen molar-refractivity contribution in [2.45, 2.75) is 66.0 Å². The number of benzene rings is 3. The molecule has 0 aliphatic rings. The molecule has 2 N–H and O–H groups in total. The van der Waals surface area contributed by atoms with E-state index in [0.29, 0.717) is 41.2 Å². The zero-order valence-electron chi connectivity index (χ0n) is 32.7. The number of hydrogen-bond acceptors (Lipinski definition) is 10. The molecule has 12 nitrogen and oxygen atoms in total. The van der Waals surface area contributed by atoms with Crippen LogP contribution in [0.2, 0.25) is 0 Å². The van der Waals surface area contributed by atoms with E-state index in [4.69, 9.17) is 19.2 Å². The van der Waals surface area contributed by atoms with Crippen molar-refractivity contribution in [2.75, 3.05) is 23.9 Å². The molecule has 57 heavy (non-hydrogen) atoms. The highest BCUT2D eigenvalue weighted by atomic mass is 19.1. The summed E-state index contributed by atoms with van der Waals surface area (Å²) in [5, 5.41) is 10.7. The molecule has 0 spiro atoms. The minimum absolute atomic E-state index is 0.0602. The van der Waals surface area contributed by atoms with E-state index in [0.717, 1.165) is 17.3 Å². The summed E-state index contributed by atoms with van der Waals surface area (Å²) >= 11 is 0. The van der Waals surface area contributed by atoms with Gasteiger partial charge in [-0.3, -0.25) is 0 Å². The lowest BCUT2D eigenvalue weighted by Crippen LogP contribution is -2.37. The minimum Gasteiger partial charge on any atom is -0.473 e. The van der Waals surface area contributed by atoms with Crippen LogP contribution < -0.4 is 20.3 Å². The first-order chi connectivity index (χ1) is 27.3. The zero-order valence-corrected chi connectivity index (χ0v) is 32.7. The van der Waals surface area contributed by atoms with Crippen LogP contribution in [0.3, 0.4) is 0 Å². The second-order valence-electron chi connectivity index (χ2n) is 14.5. The summed E-state index contributed by atoms with van der Waals surface area (Å²) in [5.74, 6) is -0.834. The van der Waals surface area contributed by atoms with Crippen molar-refractivity contribution < 1.29 is 32.6 Å². The van der Waals surface area contributed by atoms with Crippen molar-refractivity contribution in [3.63, 3.8) is 0 Å². The van der Waals surface area contributed by atoms with Crippen LogP contribution in [0.25, 0.3) is 16.8 Å². The normalized spacial score (nSPS) is 11.9. The van der Waals surface area contributed by atoms with E-state index < -0.39 is 35.4 Å². The van der Waals surface area contributed by atoms with Gasteiger partial charge in [-0.2, -0.15) is 9.61 Å². The van der Waals surface area contributed by atoms with E-state index in [1.807, 2.05) is 60.7 Å². The first-order valence-corrected chi connectivity index (χ1v) is 18.4. The fraction of sp³-hybridized carbons (Fsp3) is 0.279. The Morgan fingerprint density at radius 2 is 1.60 bits per heavy atom. The number of nitrogens with zero attached hydrogens (tertiary/aromatic N) is 5. The SMILES string of the molecule is COC(=O)c1cnn2c(N(Cc3ccccc3)Cc3ccccc3)c(-c3ccc(C)c(F)c3)c(NCc3cc(F)cnc3O[C@@H](C)CNC(=O)OC(C)(C)C)nc12. The molecule has 3 aromatic heterocycles. The van der Waals surface area contributed by atoms with Crippen LogP contribution in [0.4, 0.5) is 25.2 Å². The van der Waals surface area contributed by atoms with Crippen LogP contribution in [0.15, 0.2) is 97.3 Å². The van der Waals surface area contributed by atoms with Crippen molar-refractivity contribution >= 4 is 29.3 Å². The van der Waals surface area contributed by atoms with Crippen LogP contribution >= 0.6 is 0 Å². The van der Waals surface area contributed by atoms with Crippen LogP contribution in [0, 0.1) is 18.6 Å². The van der Waals surface area contributed by atoms with Crippen LogP contribution in [0.1, 0.15) is 60.3 Å². The molecule has 296 valence electrons. The lowest BCUT2D eigenvalue weighted by atomic mass is 10.0. The molecule has 1 amide bonds. The smallest absolute Gasteiger partial charge is 0.407 e. The van der Waals surface area contributed by atoms with E-state index in [1.54, 1.807) is 51.3 Å². The maximum atomic E-state index is 15.5. The average molecular weight is 778 g/mol. The maximum absolute atomic E-state index is 15.5. The number of ether oxygens (including phenoxy) is 3. The molecule has 0 bridgehead atoms. The lowest BCUT2D eigenvalue weighted by molar-refractivity contribution is 0.0502. The number of aryl methyl sites for hydroxylation is 1. The summed E-state index contributed by atoms with van der Waals surface area (Å²) in [6, 6.07) is 25.9. The molecule has 0 saturated carbocycles. The van der Waals surface area contributed by atoms with Crippen molar-refractivity contribution in [1.29, 1.82) is 0 Å². The van der Waals surface area contributed by atoms with Crippen LogP contribution in [0.5, 0.6) is 5.88 Å². The van der Waals surface area contributed by atoms with Gasteiger partial charge in [-0.25, -0.2) is 28.3 Å². The van der Waals surface area contributed by atoms with Gasteiger partial charge in [0.05, 0.1) is 31.6 Å². The third kappa shape index (κ3) is 10.0. The molecule has 0 unspecified atom stereocenters. The number of carbonyl (C=O) groups is 2. The highest BCUT2D eigenvalue weighted by molar-refractivity contribution is 5.98. The Balaban J connectivity index is 1.48. The highest BCUT2D eigenvalue weighted by Gasteiger charge is 2.28. The van der Waals surface area contributed by atoms with Crippen molar-refractivity contribution in [3.8, 4) is 17.0 Å². The fourth-order valence-electron chi connectivity index (χ4n) is 6.13. The monoisotopic (exact) mass is 777 g/mol. The number of esters is 1. The third-order valence-corrected chi connectivity index (χ3v) is 8.80. The third-order valence-electron chi connectivity index (χ3n) is 8.80. The summed E-state index contributed by atoms with van der Waals surface area (Å²) < 4.78 is 48.4. The second-order valence-corrected chi connectivity index (χ2v) is 14.5. The van der Waals surface area contributed by atoms with Gasteiger partial charge < -0.3 is 29.7 Å². The van der Waals surface area contributed by atoms with Gasteiger partial charge in [-0.1, -0.05) is 72.8 Å². The number of hydrogen-bond donors (Lipinski definition) is 2. The molecule has 0 saturated heterocycles.